The molecule has 0 unspecified atom stereocenters. The van der Waals surface area contributed by atoms with E-state index in [-0.39, 0.29) is 6.79 Å². The number of thiazole rings is 1. The monoisotopic (exact) mass is 372 g/mol. The molecule has 0 amide bonds. The van der Waals surface area contributed by atoms with Gasteiger partial charge in [-0.1, -0.05) is 12.1 Å². The van der Waals surface area contributed by atoms with Crippen LogP contribution in [0.4, 0.5) is 0 Å². The second-order valence-electron chi connectivity index (χ2n) is 5.90. The molecule has 0 aliphatic carbocycles. The molecule has 0 saturated carbocycles. The lowest BCUT2D eigenvalue weighted by Crippen LogP contribution is -1.98. The van der Waals surface area contributed by atoms with Crippen molar-refractivity contribution in [3.05, 3.63) is 65.7 Å². The minimum absolute atomic E-state index is 0.237. The van der Waals surface area contributed by atoms with E-state index in [2.05, 4.69) is 11.1 Å². The molecule has 0 atom stereocenters. The molecule has 4 aromatic rings. The van der Waals surface area contributed by atoms with Gasteiger partial charge in [0.05, 0.1) is 23.0 Å². The molecule has 0 N–H and O–H groups in total. The maximum Gasteiger partial charge on any atom is 0.231 e. The lowest BCUT2D eigenvalue weighted by atomic mass is 10.1. The Labute approximate surface area is 158 Å². The smallest absolute Gasteiger partial charge is 0.231 e. The summed E-state index contributed by atoms with van der Waals surface area (Å²) in [6, 6.07) is 17.4. The Kier molecular flexibility index (Phi) is 3.62. The van der Waals surface area contributed by atoms with Crippen LogP contribution in [0.1, 0.15) is 5.56 Å². The Hall–Kier alpha value is -3.63. The molecule has 3 heterocycles. The van der Waals surface area contributed by atoms with Crippen molar-refractivity contribution in [2.45, 2.75) is 0 Å². The molecule has 0 radical (unpaired) electrons. The molecule has 1 aliphatic rings. The molecule has 0 saturated heterocycles. The van der Waals surface area contributed by atoms with Crippen LogP contribution in [0.2, 0.25) is 0 Å². The summed E-state index contributed by atoms with van der Waals surface area (Å²) in [4.78, 5) is 4.40. The normalized spacial score (nSPS) is 12.1. The highest BCUT2D eigenvalue weighted by atomic mass is 32.1. The SMILES string of the molecule is N#Cc1ccc(-c2cc(-c3ccc4c(c3)OCO4)n(-c3nccs3)n2)cc1. The average Bonchev–Trinajstić information content (AvgIpc) is 3.47. The molecular weight excluding hydrogens is 360 g/mol. The zero-order valence-electron chi connectivity index (χ0n) is 14.0. The first kappa shape index (κ1) is 15.6. The van der Waals surface area contributed by atoms with E-state index >= 15 is 0 Å². The molecule has 2 aromatic carbocycles. The van der Waals surface area contributed by atoms with Crippen LogP contribution < -0.4 is 9.47 Å². The van der Waals surface area contributed by atoms with E-state index in [1.165, 1.54) is 11.3 Å². The summed E-state index contributed by atoms with van der Waals surface area (Å²) in [7, 11) is 0. The van der Waals surface area contributed by atoms with Crippen molar-refractivity contribution < 1.29 is 9.47 Å². The average molecular weight is 372 g/mol. The van der Waals surface area contributed by atoms with Gasteiger partial charge in [-0.3, -0.25) is 0 Å². The lowest BCUT2D eigenvalue weighted by Gasteiger charge is -2.05. The van der Waals surface area contributed by atoms with E-state index in [1.807, 2.05) is 46.5 Å². The Morgan fingerprint density at radius 2 is 1.81 bits per heavy atom. The second-order valence-corrected chi connectivity index (χ2v) is 6.77. The Morgan fingerprint density at radius 3 is 2.59 bits per heavy atom. The van der Waals surface area contributed by atoms with Crippen LogP contribution in [-0.2, 0) is 0 Å². The van der Waals surface area contributed by atoms with Crippen LogP contribution in [0.15, 0.2) is 60.1 Å². The van der Waals surface area contributed by atoms with Crippen LogP contribution in [0.25, 0.3) is 27.6 Å². The summed E-state index contributed by atoms with van der Waals surface area (Å²) in [6.07, 6.45) is 1.76. The van der Waals surface area contributed by atoms with Gasteiger partial charge < -0.3 is 9.47 Å². The molecular formula is C20H12N4O2S. The van der Waals surface area contributed by atoms with Gasteiger partial charge in [-0.15, -0.1) is 11.3 Å². The predicted molar refractivity (Wildman–Crippen MR) is 101 cm³/mol. The quantitative estimate of drug-likeness (QED) is 0.537. The fourth-order valence-electron chi connectivity index (χ4n) is 2.97. The number of benzene rings is 2. The van der Waals surface area contributed by atoms with Crippen molar-refractivity contribution >= 4 is 11.3 Å². The number of ether oxygens (including phenoxy) is 2. The van der Waals surface area contributed by atoms with E-state index in [0.29, 0.717) is 5.56 Å². The molecule has 1 aliphatic heterocycles. The number of fused-ring (bicyclic) bond motifs is 1. The van der Waals surface area contributed by atoms with Crippen molar-refractivity contribution in [1.82, 2.24) is 14.8 Å². The fourth-order valence-corrected chi connectivity index (χ4v) is 3.57. The molecule has 0 fully saturated rings. The van der Waals surface area contributed by atoms with E-state index in [4.69, 9.17) is 19.8 Å². The summed E-state index contributed by atoms with van der Waals surface area (Å²) < 4.78 is 12.7. The summed E-state index contributed by atoms with van der Waals surface area (Å²) in [5.74, 6) is 1.46. The first-order valence-corrected chi connectivity index (χ1v) is 9.10. The van der Waals surface area contributed by atoms with Crippen LogP contribution in [-0.4, -0.2) is 21.6 Å². The highest BCUT2D eigenvalue weighted by Gasteiger charge is 2.19. The minimum Gasteiger partial charge on any atom is -0.454 e. The summed E-state index contributed by atoms with van der Waals surface area (Å²) in [6.45, 7) is 0.237. The van der Waals surface area contributed by atoms with Crippen LogP contribution in [0.3, 0.4) is 0 Å². The van der Waals surface area contributed by atoms with Crippen molar-refractivity contribution in [3.8, 4) is 45.2 Å². The van der Waals surface area contributed by atoms with E-state index < -0.39 is 0 Å². The van der Waals surface area contributed by atoms with Crippen molar-refractivity contribution in [1.29, 1.82) is 5.26 Å². The van der Waals surface area contributed by atoms with Crippen molar-refractivity contribution in [2.24, 2.45) is 0 Å². The van der Waals surface area contributed by atoms with Gasteiger partial charge in [0, 0.05) is 22.7 Å². The maximum absolute atomic E-state index is 9.00. The highest BCUT2D eigenvalue weighted by molar-refractivity contribution is 7.12. The third-order valence-electron chi connectivity index (χ3n) is 4.29. The van der Waals surface area contributed by atoms with Gasteiger partial charge in [-0.25, -0.2) is 9.67 Å². The maximum atomic E-state index is 9.00. The topological polar surface area (TPSA) is 73.0 Å². The van der Waals surface area contributed by atoms with Crippen molar-refractivity contribution in [2.75, 3.05) is 6.79 Å². The number of hydrogen-bond acceptors (Lipinski definition) is 6. The standard InChI is InChI=1S/C20H12N4O2S/c21-11-13-1-3-14(4-2-13)16-10-17(24(23-16)20-22-7-8-27-20)15-5-6-18-19(9-15)26-12-25-18/h1-10H,12H2. The number of rotatable bonds is 3. The van der Waals surface area contributed by atoms with Gasteiger partial charge in [0.2, 0.25) is 11.9 Å². The third-order valence-corrected chi connectivity index (χ3v) is 5.03. The van der Waals surface area contributed by atoms with Gasteiger partial charge in [0.1, 0.15) is 0 Å². The van der Waals surface area contributed by atoms with Gasteiger partial charge >= 0.3 is 0 Å². The zero-order chi connectivity index (χ0) is 18.2. The molecule has 0 bridgehead atoms. The molecule has 6 nitrogen and oxygen atoms in total. The second kappa shape index (κ2) is 6.27. The fraction of sp³-hybridized carbons (Fsp3) is 0.0500. The summed E-state index contributed by atoms with van der Waals surface area (Å²) >= 11 is 1.52. The lowest BCUT2D eigenvalue weighted by molar-refractivity contribution is 0.174. The largest absolute Gasteiger partial charge is 0.454 e. The van der Waals surface area contributed by atoms with Crippen molar-refractivity contribution in [3.63, 3.8) is 0 Å². The van der Waals surface area contributed by atoms with E-state index in [9.17, 15) is 0 Å². The first-order chi connectivity index (χ1) is 13.3. The Morgan fingerprint density at radius 1 is 1.00 bits per heavy atom. The summed E-state index contributed by atoms with van der Waals surface area (Å²) in [5, 5.41) is 16.5. The predicted octanol–water partition coefficient (Wildman–Crippen LogP) is 4.26. The molecule has 0 spiro atoms. The molecule has 5 rings (SSSR count). The van der Waals surface area contributed by atoms with Gasteiger partial charge in [0.15, 0.2) is 11.5 Å². The van der Waals surface area contributed by atoms with E-state index in [1.54, 1.807) is 18.3 Å². The third kappa shape index (κ3) is 2.72. The molecule has 130 valence electrons. The van der Waals surface area contributed by atoms with Crippen LogP contribution in [0, 0.1) is 11.3 Å². The number of aromatic nitrogens is 3. The van der Waals surface area contributed by atoms with Gasteiger partial charge in [0.25, 0.3) is 0 Å². The van der Waals surface area contributed by atoms with Gasteiger partial charge in [-0.2, -0.15) is 10.4 Å². The van der Waals surface area contributed by atoms with Crippen LogP contribution >= 0.6 is 11.3 Å². The number of nitriles is 1. The minimum atomic E-state index is 0.237. The first-order valence-electron chi connectivity index (χ1n) is 8.22. The van der Waals surface area contributed by atoms with Crippen LogP contribution in [0.5, 0.6) is 11.5 Å². The number of hydrogen-bond donors (Lipinski definition) is 0. The number of nitrogens with zero attached hydrogens (tertiary/aromatic N) is 4. The van der Waals surface area contributed by atoms with Gasteiger partial charge in [-0.05, 0) is 36.4 Å². The molecule has 2 aromatic heterocycles. The zero-order valence-corrected chi connectivity index (χ0v) is 14.8. The summed E-state index contributed by atoms with van der Waals surface area (Å²) in [5.41, 5.74) is 4.23. The molecule has 27 heavy (non-hydrogen) atoms. The van der Waals surface area contributed by atoms with E-state index in [0.717, 1.165) is 39.1 Å². The highest BCUT2D eigenvalue weighted by Crippen LogP contribution is 2.37. The Bertz CT molecular complexity index is 1160. The molecule has 7 heteroatoms. The Balaban J connectivity index is 1.65.